The number of aromatic carboxylic acids is 1. The predicted molar refractivity (Wildman–Crippen MR) is 76.1 cm³/mol. The fraction of sp³-hybridized carbons (Fsp3) is 0.333. The van der Waals surface area contributed by atoms with Crippen molar-refractivity contribution >= 4 is 11.9 Å². The number of carboxylic acid groups (broad SMARTS) is 1. The summed E-state index contributed by atoms with van der Waals surface area (Å²) in [4.78, 5) is 28.4. The molecule has 0 fully saturated rings. The minimum absolute atomic E-state index is 0. The van der Waals surface area contributed by atoms with Crippen LogP contribution in [-0.2, 0) is 18.8 Å². The monoisotopic (exact) mass is 306 g/mol. The van der Waals surface area contributed by atoms with E-state index in [1.807, 2.05) is 0 Å². The Kier molecular flexibility index (Phi) is 9.06. The quantitative estimate of drug-likeness (QED) is 0.841. The van der Waals surface area contributed by atoms with Gasteiger partial charge in [0.1, 0.15) is 11.4 Å². The lowest BCUT2D eigenvalue weighted by Crippen LogP contribution is -2.06. The highest BCUT2D eigenvalue weighted by atomic mass is 19.0. The maximum absolute atomic E-state index is 10.8. The molecule has 0 aliphatic heterocycles. The van der Waals surface area contributed by atoms with E-state index in [0.717, 1.165) is 0 Å². The smallest absolute Gasteiger partial charge is 0.356 e. The number of hydrogen-bond donors (Lipinski definition) is 1. The third-order valence-corrected chi connectivity index (χ3v) is 2.25. The topological polar surface area (TPSA) is 99.2 Å². The van der Waals surface area contributed by atoms with Crippen molar-refractivity contribution in [3.8, 4) is 0 Å². The second kappa shape index (κ2) is 9.23. The first kappa shape index (κ1) is 20.6. The van der Waals surface area contributed by atoms with Gasteiger partial charge in [0, 0.05) is 15.5 Å². The van der Waals surface area contributed by atoms with Crippen LogP contribution in [0.25, 0.3) is 0 Å². The third-order valence-electron chi connectivity index (χ3n) is 2.25. The summed E-state index contributed by atoms with van der Waals surface area (Å²) < 4.78 is 7.53. The molecular weight excluding hydrogens is 283 g/mol. The van der Waals surface area contributed by atoms with Crippen molar-refractivity contribution in [1.29, 1.82) is 0 Å². The van der Waals surface area contributed by atoms with Crippen LogP contribution in [0, 0.1) is 0 Å². The van der Waals surface area contributed by atoms with Gasteiger partial charge in [-0.3, -0.25) is 4.70 Å². The molecule has 0 saturated heterocycles. The van der Waals surface area contributed by atoms with Crippen molar-refractivity contribution in [2.45, 2.75) is 7.43 Å². The number of hydrogen-bond acceptors (Lipinski definition) is 5. The molecule has 0 saturated carbocycles. The number of rotatable bonds is 2. The number of methoxy groups -OCH3 is 1. The summed E-state index contributed by atoms with van der Waals surface area (Å²) in [6.45, 7) is 0. The standard InChI is InChI=1S/C6H8N2O2.C5H6N2O2.CH4.FH.H2/c1-8-4-7-3-5(8)6(9)10-2;1-7-3-6-2-4(7)5(8)9;;;/h3-4H,1-2H3;2-3H,1H3,(H,8,9);1H4;2*1H/i;;;;1+2. The lowest BCUT2D eigenvalue weighted by molar-refractivity contribution is 0.0589. The van der Waals surface area contributed by atoms with Crippen LogP contribution >= 0.6 is 0 Å². The molecule has 0 amide bonds. The van der Waals surface area contributed by atoms with Gasteiger partial charge >= 0.3 is 11.9 Å². The van der Waals surface area contributed by atoms with Gasteiger partial charge in [-0.15, -0.1) is 0 Å². The van der Waals surface area contributed by atoms with Gasteiger partial charge in [-0.25, -0.2) is 19.6 Å². The molecule has 0 spiro atoms. The molecule has 0 atom stereocenters. The Balaban J connectivity index is -0.000000290. The molecule has 9 heteroatoms. The molecule has 120 valence electrons. The van der Waals surface area contributed by atoms with E-state index in [4.69, 9.17) is 5.11 Å². The van der Waals surface area contributed by atoms with E-state index in [9.17, 15) is 9.59 Å². The summed E-state index contributed by atoms with van der Waals surface area (Å²) >= 11 is 0. The predicted octanol–water partition coefficient (Wildman–Crippen LogP) is 1.36. The second-order valence-corrected chi connectivity index (χ2v) is 3.58. The van der Waals surface area contributed by atoms with Gasteiger partial charge in [0.15, 0.2) is 0 Å². The molecular formula is C12H21FN4O4. The third kappa shape index (κ3) is 5.43. The zero-order chi connectivity index (χ0) is 14.4. The minimum Gasteiger partial charge on any atom is -0.477 e. The van der Waals surface area contributed by atoms with Crippen LogP contribution in [0.4, 0.5) is 4.70 Å². The Morgan fingerprint density at radius 1 is 1.14 bits per heavy atom. The van der Waals surface area contributed by atoms with E-state index in [-0.39, 0.29) is 25.2 Å². The number of carboxylic acids is 1. The summed E-state index contributed by atoms with van der Waals surface area (Å²) in [6, 6.07) is 0. The van der Waals surface area contributed by atoms with Gasteiger partial charge in [-0.2, -0.15) is 0 Å². The second-order valence-electron chi connectivity index (χ2n) is 3.58. The molecule has 8 nitrogen and oxygen atoms in total. The molecule has 1 N–H and O–H groups in total. The Hall–Kier alpha value is -2.71. The Morgan fingerprint density at radius 3 is 1.81 bits per heavy atom. The van der Waals surface area contributed by atoms with E-state index < -0.39 is 5.97 Å². The first-order valence-electron chi connectivity index (χ1n) is 5.21. The zero-order valence-corrected chi connectivity index (χ0v) is 11.2. The van der Waals surface area contributed by atoms with Crippen LogP contribution in [0.3, 0.4) is 0 Å². The number of aromatic nitrogens is 4. The van der Waals surface area contributed by atoms with Crippen LogP contribution in [-0.4, -0.2) is 43.3 Å². The number of carbonyl (C=O) groups excluding carboxylic acids is 1. The highest BCUT2D eigenvalue weighted by molar-refractivity contribution is 5.87. The van der Waals surface area contributed by atoms with E-state index in [2.05, 4.69) is 14.7 Å². The molecule has 0 aromatic carbocycles. The summed E-state index contributed by atoms with van der Waals surface area (Å²) in [5.41, 5.74) is 0.664. The number of nitrogens with zero attached hydrogens (tertiary/aromatic N) is 4. The first-order chi connectivity index (χ1) is 8.97. The van der Waals surface area contributed by atoms with Crippen molar-refractivity contribution in [2.75, 3.05) is 7.11 Å². The summed E-state index contributed by atoms with van der Waals surface area (Å²) in [7, 11) is 4.71. The molecule has 2 heterocycles. The number of ether oxygens (including phenoxy) is 1. The van der Waals surface area contributed by atoms with Crippen molar-refractivity contribution in [1.82, 2.24) is 19.1 Å². The van der Waals surface area contributed by atoms with Crippen LogP contribution in [0.1, 0.15) is 29.8 Å². The van der Waals surface area contributed by atoms with E-state index in [1.54, 1.807) is 25.0 Å². The van der Waals surface area contributed by atoms with Crippen LogP contribution in [0.15, 0.2) is 25.0 Å². The molecule has 21 heavy (non-hydrogen) atoms. The van der Waals surface area contributed by atoms with Gasteiger partial charge in [-0.1, -0.05) is 7.43 Å². The molecule has 0 unspecified atom stereocenters. The van der Waals surface area contributed by atoms with Crippen molar-refractivity contribution in [3.05, 3.63) is 36.4 Å². The first-order valence-corrected chi connectivity index (χ1v) is 5.21. The van der Waals surface area contributed by atoms with Crippen LogP contribution in [0.2, 0.25) is 0 Å². The lowest BCUT2D eigenvalue weighted by Gasteiger charge is -1.96. The molecule has 2 aromatic heterocycles. The highest BCUT2D eigenvalue weighted by Crippen LogP contribution is 1.97. The van der Waals surface area contributed by atoms with E-state index in [1.165, 1.54) is 30.4 Å². The highest BCUT2D eigenvalue weighted by Gasteiger charge is 2.07. The average molecular weight is 306 g/mol. The molecule has 0 aliphatic rings. The summed E-state index contributed by atoms with van der Waals surface area (Å²) in [5.74, 6) is -1.31. The molecule has 2 rings (SSSR count). The maximum atomic E-state index is 10.8. The molecule has 0 radical (unpaired) electrons. The number of aryl methyl sites for hydroxylation is 2. The molecule has 0 aliphatic carbocycles. The fourth-order valence-corrected chi connectivity index (χ4v) is 1.22. The number of carbonyl (C=O) groups is 2. The van der Waals surface area contributed by atoms with Gasteiger partial charge in [0.05, 0.1) is 32.2 Å². The number of halogens is 1. The Morgan fingerprint density at radius 2 is 1.57 bits per heavy atom. The van der Waals surface area contributed by atoms with Gasteiger partial charge in [0.25, 0.3) is 0 Å². The summed E-state index contributed by atoms with van der Waals surface area (Å²) in [5, 5.41) is 8.39. The Bertz CT molecular complexity index is 585. The van der Waals surface area contributed by atoms with Gasteiger partial charge in [-0.05, 0) is 0 Å². The van der Waals surface area contributed by atoms with Crippen molar-refractivity contribution < 1.29 is 25.6 Å². The number of imidazole rings is 2. The molecule has 2 aromatic rings. The molecule has 0 bridgehead atoms. The largest absolute Gasteiger partial charge is 0.477 e. The van der Waals surface area contributed by atoms with E-state index in [0.29, 0.717) is 5.69 Å². The Labute approximate surface area is 122 Å². The zero-order valence-electron chi connectivity index (χ0n) is 11.2. The van der Waals surface area contributed by atoms with Crippen molar-refractivity contribution in [3.63, 3.8) is 0 Å². The van der Waals surface area contributed by atoms with Gasteiger partial charge < -0.3 is 19.0 Å². The SMILES string of the molecule is C.COC(=O)c1cncn1C.Cn1cncc1C(=O)O.F.[3HH]. The average Bonchev–Trinajstić information content (AvgIpc) is 2.97. The number of esters is 1. The minimum atomic E-state index is -0.949. The lowest BCUT2D eigenvalue weighted by atomic mass is 10.5. The van der Waals surface area contributed by atoms with Crippen LogP contribution < -0.4 is 0 Å². The van der Waals surface area contributed by atoms with Gasteiger partial charge in [0.2, 0.25) is 0 Å². The summed E-state index contributed by atoms with van der Waals surface area (Å²) in [6.07, 6.45) is 5.77. The van der Waals surface area contributed by atoms with E-state index >= 15 is 0 Å². The van der Waals surface area contributed by atoms with Crippen molar-refractivity contribution in [2.24, 2.45) is 14.1 Å². The fourth-order valence-electron chi connectivity index (χ4n) is 1.22. The normalized spacial score (nSPS) is 8.52. The van der Waals surface area contributed by atoms with Crippen LogP contribution in [0.5, 0.6) is 0 Å². The maximum Gasteiger partial charge on any atom is 0.356 e.